The Labute approximate surface area is 411 Å². The topological polar surface area (TPSA) is 238 Å². The number of nitrogens with two attached hydrogens (primary N) is 1. The van der Waals surface area contributed by atoms with Crippen molar-refractivity contribution in [3.8, 4) is 0 Å². The van der Waals surface area contributed by atoms with E-state index in [1.54, 1.807) is 48.2 Å². The van der Waals surface area contributed by atoms with Gasteiger partial charge < -0.3 is 64.1 Å². The fraction of sp³-hybridized carbons (Fsp3) is 0.860. The molecule has 0 radical (unpaired) electrons. The third-order valence-corrected chi connectivity index (χ3v) is 16.9. The van der Waals surface area contributed by atoms with Gasteiger partial charge in [0.25, 0.3) is 0 Å². The van der Waals surface area contributed by atoms with Gasteiger partial charge in [0, 0.05) is 78.2 Å². The van der Waals surface area contributed by atoms with Crippen LogP contribution in [0.4, 0.5) is 0 Å². The summed E-state index contributed by atoms with van der Waals surface area (Å²) in [5.41, 5.74) is 7.86. The Morgan fingerprint density at radius 3 is 1.23 bits per heavy atom. The second kappa shape index (κ2) is 26.6. The number of hydrogen-bond donors (Lipinski definition) is 4. The fourth-order valence-electron chi connectivity index (χ4n) is 11.1. The second-order valence-corrected chi connectivity index (χ2v) is 23.8. The van der Waals surface area contributed by atoms with Gasteiger partial charge in [-0.1, -0.05) is 6.92 Å². The second-order valence-electron chi connectivity index (χ2n) is 20.5. The average molecular weight is 999 g/mol. The average Bonchev–Trinajstić information content (AvgIpc) is 4.15. The predicted molar refractivity (Wildman–Crippen MR) is 261 cm³/mol. The Morgan fingerprint density at radius 2 is 0.942 bits per heavy atom. The first-order valence-corrected chi connectivity index (χ1v) is 27.9. The van der Waals surface area contributed by atoms with E-state index in [-0.39, 0.29) is 63.8 Å². The largest absolute Gasteiger partial charge is 0.385 e. The van der Waals surface area contributed by atoms with Crippen LogP contribution in [0, 0.1) is 11.3 Å². The van der Waals surface area contributed by atoms with E-state index in [4.69, 9.17) is 43.6 Å². The molecular formula is C50H87N4O14P. The number of allylic oxidation sites excluding steroid dienone is 2. The lowest BCUT2D eigenvalue weighted by Gasteiger charge is -2.45. The Bertz CT molecular complexity index is 1750. The molecule has 19 heteroatoms. The van der Waals surface area contributed by atoms with Crippen molar-refractivity contribution in [2.24, 2.45) is 17.1 Å². The van der Waals surface area contributed by atoms with Crippen LogP contribution in [0.15, 0.2) is 11.3 Å². The van der Waals surface area contributed by atoms with Crippen LogP contribution in [0.25, 0.3) is 0 Å². The van der Waals surface area contributed by atoms with E-state index in [1.165, 1.54) is 12.5 Å². The number of rotatable bonds is 10. The van der Waals surface area contributed by atoms with Crippen molar-refractivity contribution in [1.29, 1.82) is 0 Å². The van der Waals surface area contributed by atoms with Crippen LogP contribution in [0.1, 0.15) is 137 Å². The zero-order chi connectivity index (χ0) is 51.1. The fourth-order valence-corrected chi connectivity index (χ4v) is 12.6. The monoisotopic (exact) mass is 999 g/mol. The van der Waals surface area contributed by atoms with Crippen molar-refractivity contribution < 1.29 is 66.4 Å². The number of ether oxygens (including phenoxy) is 8. The van der Waals surface area contributed by atoms with Crippen molar-refractivity contribution in [3.05, 3.63) is 11.3 Å². The summed E-state index contributed by atoms with van der Waals surface area (Å²) in [6.07, 6.45) is 13.6. The van der Waals surface area contributed by atoms with E-state index < -0.39 is 12.9 Å². The molecule has 4 spiro atoms. The highest BCUT2D eigenvalue weighted by molar-refractivity contribution is 7.64. The molecule has 18 nitrogen and oxygen atoms in total. The van der Waals surface area contributed by atoms with Crippen molar-refractivity contribution >= 4 is 36.1 Å². The zero-order valence-electron chi connectivity index (χ0n) is 43.5. The lowest BCUT2D eigenvalue weighted by Crippen LogP contribution is -2.51. The maximum absolute atomic E-state index is 11.7. The third-order valence-electron chi connectivity index (χ3n) is 15.0. The first kappa shape index (κ1) is 59.2. The summed E-state index contributed by atoms with van der Waals surface area (Å²) in [7, 11) is 3.02. The number of carbonyl (C=O) groups is 5. The molecule has 4 aliphatic carbocycles. The number of carbonyl (C=O) groups excluding carboxylic acids is 5. The maximum Gasteiger partial charge on any atom is 0.175 e. The molecule has 0 aromatic rings. The van der Waals surface area contributed by atoms with Gasteiger partial charge in [0.1, 0.15) is 30.3 Å². The lowest BCUT2D eigenvalue weighted by molar-refractivity contribution is -0.192. The van der Waals surface area contributed by atoms with Crippen LogP contribution in [0.2, 0.25) is 0 Å². The van der Waals surface area contributed by atoms with E-state index in [2.05, 4.69) is 22.9 Å². The molecule has 8 rings (SSSR count). The van der Waals surface area contributed by atoms with E-state index in [1.807, 2.05) is 7.05 Å². The molecule has 5 N–H and O–H groups in total. The maximum atomic E-state index is 11.7. The first-order chi connectivity index (χ1) is 32.5. The van der Waals surface area contributed by atoms with Gasteiger partial charge in [0.05, 0.1) is 70.6 Å². The number of Topliss-reactive ketones (excluding diaryl/α,β-unsaturated/α-hetero) is 5. The van der Waals surface area contributed by atoms with Gasteiger partial charge in [0.2, 0.25) is 0 Å². The van der Waals surface area contributed by atoms with Crippen LogP contribution in [-0.4, -0.2) is 157 Å². The highest BCUT2D eigenvalue weighted by atomic mass is 31.2. The summed E-state index contributed by atoms with van der Waals surface area (Å²) in [5.74, 6) is -0.849. The Balaban J connectivity index is 0.000000190. The molecular weight excluding hydrogens is 912 g/mol. The molecule has 4 saturated carbocycles. The molecule has 0 bridgehead atoms. The number of nitrogens with one attached hydrogen (secondary N) is 3. The highest BCUT2D eigenvalue weighted by Crippen LogP contribution is 2.47. The summed E-state index contributed by atoms with van der Waals surface area (Å²) in [5, 5.41) is 8.89. The highest BCUT2D eigenvalue weighted by Gasteiger charge is 2.48. The minimum Gasteiger partial charge on any atom is -0.385 e. The van der Waals surface area contributed by atoms with Crippen LogP contribution in [0.5, 0.6) is 0 Å². The Kier molecular flexibility index (Phi) is 22.8. The summed E-state index contributed by atoms with van der Waals surface area (Å²) in [6, 6.07) is -0.356. The van der Waals surface area contributed by atoms with E-state index in [0.29, 0.717) is 77.4 Å². The molecule has 4 saturated heterocycles. The third kappa shape index (κ3) is 16.9. The van der Waals surface area contributed by atoms with Crippen molar-refractivity contribution in [2.75, 3.05) is 87.3 Å². The minimum atomic E-state index is -2.29. The SMILES string of the molecule is CC(=O)C(N)C1CCC2(CC1)OCCO2.CNC(C(C)=O)=C1CCC2(CC1)OCCO2.CNC(C(C)=O)C1(C)CCC2(CC1)OCCO2.CNC(C(C)=O)P(C)(C)=O.O=C1CCC2(CC1)OCCO2. The number of ketones is 5. The van der Waals surface area contributed by atoms with E-state index in [9.17, 15) is 28.5 Å². The van der Waals surface area contributed by atoms with Gasteiger partial charge in [0.15, 0.2) is 34.7 Å². The summed E-state index contributed by atoms with van der Waals surface area (Å²) in [4.78, 5) is 55.9. The van der Waals surface area contributed by atoms with Crippen LogP contribution >= 0.6 is 7.14 Å². The molecule has 0 aromatic carbocycles. The molecule has 396 valence electrons. The smallest absolute Gasteiger partial charge is 0.175 e. The normalized spacial score (nSPS) is 26.8. The predicted octanol–water partition coefficient (Wildman–Crippen LogP) is 5.31. The van der Waals surface area contributed by atoms with Crippen molar-refractivity contribution in [2.45, 2.75) is 178 Å². The van der Waals surface area contributed by atoms with Gasteiger partial charge in [-0.2, -0.15) is 0 Å². The standard InChI is InChI=1S/C13H23NO3.C12H19NO3.C11H19NO3.C8H12O3.C6H14NO2P/c1-10(15)11(14-3)12(2)4-6-13(7-5-12)16-8-9-17-13;1-9(14)11(13-2)10-3-5-12(6-4-10)15-7-8-16-12;1-8(13)10(12)9-2-4-11(5-3-9)14-6-7-15-11;9-7-1-3-8(4-2-7)10-5-6-11-8;1-5(8)6(7-2)10(3,4)9/h11,14H,4-9H2,1-3H3;13H,3-8H2,1-2H3;9-10H,2-7,12H2,1H3;1-6H2;6-7H,1-4H3. The Hall–Kier alpha value is -2.32. The first-order valence-electron chi connectivity index (χ1n) is 25.2. The minimum absolute atomic E-state index is 0.0289. The van der Waals surface area contributed by atoms with Gasteiger partial charge in [-0.25, -0.2) is 0 Å². The molecule has 8 aliphatic rings. The molecule has 3 atom stereocenters. The molecule has 8 fully saturated rings. The Morgan fingerprint density at radius 1 is 0.565 bits per heavy atom. The number of hydrogen-bond acceptors (Lipinski definition) is 18. The van der Waals surface area contributed by atoms with Crippen LogP contribution in [0.3, 0.4) is 0 Å². The quantitative estimate of drug-likeness (QED) is 0.160. The van der Waals surface area contributed by atoms with Gasteiger partial charge >= 0.3 is 0 Å². The van der Waals surface area contributed by atoms with Crippen LogP contribution < -0.4 is 21.7 Å². The van der Waals surface area contributed by atoms with Crippen LogP contribution in [-0.2, 0) is 66.4 Å². The molecule has 0 amide bonds. The van der Waals surface area contributed by atoms with Crippen molar-refractivity contribution in [3.63, 3.8) is 0 Å². The van der Waals surface area contributed by atoms with E-state index >= 15 is 0 Å². The summed E-state index contributed by atoms with van der Waals surface area (Å²) in [6.45, 7) is 17.3. The van der Waals surface area contributed by atoms with Gasteiger partial charge in [-0.05, 0) is 104 Å². The molecule has 69 heavy (non-hydrogen) atoms. The summed E-state index contributed by atoms with van der Waals surface area (Å²) < 4.78 is 56.2. The summed E-state index contributed by atoms with van der Waals surface area (Å²) >= 11 is 0. The molecule has 4 aliphatic heterocycles. The molecule has 4 heterocycles. The van der Waals surface area contributed by atoms with Crippen molar-refractivity contribution in [1.82, 2.24) is 16.0 Å². The van der Waals surface area contributed by atoms with E-state index in [0.717, 1.165) is 95.6 Å². The van der Waals surface area contributed by atoms with Gasteiger partial charge in [-0.3, -0.25) is 24.0 Å². The lowest BCUT2D eigenvalue weighted by atomic mass is 9.68. The van der Waals surface area contributed by atoms with Gasteiger partial charge in [-0.15, -0.1) is 0 Å². The number of likely N-dealkylation sites (N-methyl/N-ethyl adjacent to an activating group) is 3. The molecule has 3 unspecified atom stereocenters. The zero-order valence-corrected chi connectivity index (χ0v) is 44.4. The molecule has 0 aromatic heterocycles.